The first-order valence-corrected chi connectivity index (χ1v) is 8.00. The molecule has 0 aromatic heterocycles. The largest absolute Gasteiger partial charge is 0.493 e. The summed E-state index contributed by atoms with van der Waals surface area (Å²) in [7, 11) is 1.66. The minimum atomic E-state index is -0.261. The highest BCUT2D eigenvalue weighted by Gasteiger charge is 2.24. The molecule has 2 atom stereocenters. The minimum Gasteiger partial charge on any atom is -0.493 e. The zero-order chi connectivity index (χ0) is 15.9. The van der Waals surface area contributed by atoms with Crippen molar-refractivity contribution >= 4 is 0 Å². The fourth-order valence-corrected chi connectivity index (χ4v) is 2.91. The van der Waals surface area contributed by atoms with Crippen LogP contribution >= 0.6 is 0 Å². The Balaban J connectivity index is 1.74. The Morgan fingerprint density at radius 2 is 2.00 bits per heavy atom. The number of rotatable bonds is 7. The lowest BCUT2D eigenvalue weighted by Crippen LogP contribution is -2.54. The molecule has 0 amide bonds. The van der Waals surface area contributed by atoms with E-state index in [-0.39, 0.29) is 6.10 Å². The molecule has 124 valence electrons. The van der Waals surface area contributed by atoms with Gasteiger partial charge in [-0.25, -0.2) is 0 Å². The fraction of sp³-hybridized carbons (Fsp3) is 0.647. The van der Waals surface area contributed by atoms with Crippen LogP contribution in [-0.2, 0) is 0 Å². The maximum absolute atomic E-state index is 9.52. The van der Waals surface area contributed by atoms with Crippen LogP contribution in [0.25, 0.3) is 0 Å². The number of benzene rings is 1. The molecular weight excluding hydrogens is 280 g/mol. The van der Waals surface area contributed by atoms with Crippen molar-refractivity contribution in [2.24, 2.45) is 0 Å². The Labute approximate surface area is 133 Å². The maximum Gasteiger partial charge on any atom is 0.161 e. The van der Waals surface area contributed by atoms with Crippen molar-refractivity contribution in [3.63, 3.8) is 0 Å². The zero-order valence-corrected chi connectivity index (χ0v) is 13.9. The van der Waals surface area contributed by atoms with Crippen molar-refractivity contribution in [2.75, 3.05) is 46.4 Å². The quantitative estimate of drug-likeness (QED) is 0.826. The van der Waals surface area contributed by atoms with Crippen LogP contribution in [0.3, 0.4) is 0 Å². The standard InChI is InChI=1S/C17H28N2O3/c1-14-12-18(8-9-19(14)13-15(2)20)10-11-22-17-7-5-4-6-16(17)21-3/h4-7,14-15,20H,8-13H2,1-3H3/t14-,15-/m1/s1. The molecule has 1 saturated heterocycles. The lowest BCUT2D eigenvalue weighted by atomic mass is 10.1. The summed E-state index contributed by atoms with van der Waals surface area (Å²) >= 11 is 0. The van der Waals surface area contributed by atoms with Crippen LogP contribution in [0.1, 0.15) is 13.8 Å². The molecule has 1 aliphatic rings. The lowest BCUT2D eigenvalue weighted by molar-refractivity contribution is 0.0403. The normalized spacial score (nSPS) is 21.5. The van der Waals surface area contributed by atoms with E-state index in [1.54, 1.807) is 7.11 Å². The van der Waals surface area contributed by atoms with Crippen LogP contribution in [-0.4, -0.2) is 73.5 Å². The first-order chi connectivity index (χ1) is 10.6. The highest BCUT2D eigenvalue weighted by Crippen LogP contribution is 2.25. The molecule has 5 nitrogen and oxygen atoms in total. The number of aliphatic hydroxyl groups excluding tert-OH is 1. The van der Waals surface area contributed by atoms with Crippen LogP contribution in [0.15, 0.2) is 24.3 Å². The SMILES string of the molecule is COc1ccccc1OCCN1CCN(C[C@@H](C)O)[C@H](C)C1. The van der Waals surface area contributed by atoms with E-state index in [9.17, 15) is 5.11 Å². The number of methoxy groups -OCH3 is 1. The molecule has 0 saturated carbocycles. The molecule has 1 aromatic carbocycles. The predicted molar refractivity (Wildman–Crippen MR) is 87.6 cm³/mol. The van der Waals surface area contributed by atoms with Gasteiger partial charge in [-0.1, -0.05) is 12.1 Å². The Kier molecular flexibility index (Phi) is 6.49. The van der Waals surface area contributed by atoms with Gasteiger partial charge in [0.1, 0.15) is 6.61 Å². The van der Waals surface area contributed by atoms with Gasteiger partial charge in [-0.05, 0) is 26.0 Å². The highest BCUT2D eigenvalue weighted by molar-refractivity contribution is 5.39. The van der Waals surface area contributed by atoms with Crippen molar-refractivity contribution in [3.8, 4) is 11.5 Å². The minimum absolute atomic E-state index is 0.261. The van der Waals surface area contributed by atoms with Gasteiger partial charge in [0.25, 0.3) is 0 Å². The topological polar surface area (TPSA) is 45.2 Å². The van der Waals surface area contributed by atoms with Gasteiger partial charge in [0.05, 0.1) is 13.2 Å². The van der Waals surface area contributed by atoms with Crippen molar-refractivity contribution < 1.29 is 14.6 Å². The van der Waals surface area contributed by atoms with Crippen LogP contribution < -0.4 is 9.47 Å². The number of hydrogen-bond donors (Lipinski definition) is 1. The third kappa shape index (κ3) is 4.87. The number of ether oxygens (including phenoxy) is 2. The number of β-amino-alcohol motifs (C(OH)–C–C–N with tert-alkyl or cyclic N) is 1. The van der Waals surface area contributed by atoms with Crippen molar-refractivity contribution in [2.45, 2.75) is 26.0 Å². The van der Waals surface area contributed by atoms with Gasteiger partial charge in [-0.2, -0.15) is 0 Å². The smallest absolute Gasteiger partial charge is 0.161 e. The van der Waals surface area contributed by atoms with Gasteiger partial charge in [-0.15, -0.1) is 0 Å². The summed E-state index contributed by atoms with van der Waals surface area (Å²) in [6.07, 6.45) is -0.261. The summed E-state index contributed by atoms with van der Waals surface area (Å²) in [4.78, 5) is 4.76. The molecule has 22 heavy (non-hydrogen) atoms. The van der Waals surface area contributed by atoms with E-state index in [4.69, 9.17) is 9.47 Å². The van der Waals surface area contributed by atoms with Crippen LogP contribution in [0.5, 0.6) is 11.5 Å². The summed E-state index contributed by atoms with van der Waals surface area (Å²) in [5.41, 5.74) is 0. The highest BCUT2D eigenvalue weighted by atomic mass is 16.5. The number of aliphatic hydroxyl groups is 1. The molecular formula is C17H28N2O3. The lowest BCUT2D eigenvalue weighted by Gasteiger charge is -2.40. The average molecular weight is 308 g/mol. The van der Waals surface area contributed by atoms with E-state index >= 15 is 0 Å². The maximum atomic E-state index is 9.52. The Bertz CT molecular complexity index is 453. The van der Waals surface area contributed by atoms with E-state index in [2.05, 4.69) is 16.7 Å². The molecule has 0 bridgehead atoms. The van der Waals surface area contributed by atoms with E-state index < -0.39 is 0 Å². The second-order valence-electron chi connectivity index (χ2n) is 5.99. The van der Waals surface area contributed by atoms with Gasteiger partial charge in [0, 0.05) is 38.8 Å². The summed E-state index contributed by atoms with van der Waals surface area (Å²) in [6, 6.07) is 8.20. The number of para-hydroxylation sites is 2. The Hall–Kier alpha value is -1.30. The molecule has 0 spiro atoms. The Morgan fingerprint density at radius 1 is 1.27 bits per heavy atom. The molecule has 0 radical (unpaired) electrons. The summed E-state index contributed by atoms with van der Waals surface area (Å²) in [5, 5.41) is 9.52. The molecule has 5 heteroatoms. The number of piperazine rings is 1. The van der Waals surface area contributed by atoms with Crippen LogP contribution in [0.2, 0.25) is 0 Å². The van der Waals surface area contributed by atoms with Gasteiger partial charge in [-0.3, -0.25) is 9.80 Å². The fourth-order valence-electron chi connectivity index (χ4n) is 2.91. The monoisotopic (exact) mass is 308 g/mol. The average Bonchev–Trinajstić information content (AvgIpc) is 2.50. The molecule has 0 unspecified atom stereocenters. The third-order valence-electron chi connectivity index (χ3n) is 4.08. The summed E-state index contributed by atoms with van der Waals surface area (Å²) in [5.74, 6) is 1.57. The molecule has 1 heterocycles. The molecule has 1 fully saturated rings. The van der Waals surface area contributed by atoms with Gasteiger partial charge in [0.2, 0.25) is 0 Å². The second-order valence-corrected chi connectivity index (χ2v) is 5.99. The van der Waals surface area contributed by atoms with E-state index in [1.807, 2.05) is 31.2 Å². The van der Waals surface area contributed by atoms with E-state index in [0.717, 1.165) is 44.2 Å². The molecule has 1 aromatic rings. The van der Waals surface area contributed by atoms with Crippen molar-refractivity contribution in [1.29, 1.82) is 0 Å². The summed E-state index contributed by atoms with van der Waals surface area (Å²) in [6.45, 7) is 9.42. The van der Waals surface area contributed by atoms with E-state index in [0.29, 0.717) is 12.6 Å². The Morgan fingerprint density at radius 3 is 2.64 bits per heavy atom. The summed E-state index contributed by atoms with van der Waals surface area (Å²) < 4.78 is 11.1. The molecule has 1 N–H and O–H groups in total. The molecule has 1 aliphatic heterocycles. The van der Waals surface area contributed by atoms with Crippen molar-refractivity contribution in [1.82, 2.24) is 9.80 Å². The molecule has 2 rings (SSSR count). The first-order valence-electron chi connectivity index (χ1n) is 8.00. The third-order valence-corrected chi connectivity index (χ3v) is 4.08. The van der Waals surface area contributed by atoms with Gasteiger partial charge >= 0.3 is 0 Å². The number of nitrogens with zero attached hydrogens (tertiary/aromatic N) is 2. The molecule has 0 aliphatic carbocycles. The first kappa shape index (κ1) is 17.1. The van der Waals surface area contributed by atoms with Crippen molar-refractivity contribution in [3.05, 3.63) is 24.3 Å². The van der Waals surface area contributed by atoms with Crippen LogP contribution in [0, 0.1) is 0 Å². The van der Waals surface area contributed by atoms with Gasteiger partial charge < -0.3 is 14.6 Å². The van der Waals surface area contributed by atoms with Crippen LogP contribution in [0.4, 0.5) is 0 Å². The predicted octanol–water partition coefficient (Wildman–Crippen LogP) is 1.46. The van der Waals surface area contributed by atoms with E-state index in [1.165, 1.54) is 0 Å². The zero-order valence-electron chi connectivity index (χ0n) is 13.9. The van der Waals surface area contributed by atoms with Gasteiger partial charge in [0.15, 0.2) is 11.5 Å². The number of hydrogen-bond acceptors (Lipinski definition) is 5. The second kappa shape index (κ2) is 8.36.